The zero-order chi connectivity index (χ0) is 24.5. The third-order valence-electron chi connectivity index (χ3n) is 6.30. The fourth-order valence-corrected chi connectivity index (χ4v) is 4.42. The smallest absolute Gasteiger partial charge is 0.278 e. The molecule has 1 N–H and O–H groups in total. The van der Waals surface area contributed by atoms with Gasteiger partial charge in [0.1, 0.15) is 12.2 Å². The van der Waals surface area contributed by atoms with Crippen LogP contribution in [0, 0.1) is 5.92 Å². The molecular formula is C28H26N4O3. The SMILES string of the molecule is CC(C)C(=O)Nc1ccccc1-c1nc2ccccc2n(CC(=O)N2CCc3ccccc32)c1=O. The molecule has 0 unspecified atom stereocenters. The molecule has 1 aromatic heterocycles. The summed E-state index contributed by atoms with van der Waals surface area (Å²) < 4.78 is 1.49. The highest BCUT2D eigenvalue weighted by Crippen LogP contribution is 2.29. The summed E-state index contributed by atoms with van der Waals surface area (Å²) in [5.41, 5.74) is 4.05. The Morgan fingerprint density at radius 3 is 2.51 bits per heavy atom. The van der Waals surface area contributed by atoms with Crippen molar-refractivity contribution in [3.63, 3.8) is 0 Å². The zero-order valence-electron chi connectivity index (χ0n) is 19.7. The summed E-state index contributed by atoms with van der Waals surface area (Å²) in [6, 6.07) is 22.2. The average molecular weight is 467 g/mol. The fraction of sp³-hybridized carbons (Fsp3) is 0.214. The minimum atomic E-state index is -0.379. The Hall–Kier alpha value is -4.26. The Balaban J connectivity index is 1.60. The van der Waals surface area contributed by atoms with Crippen LogP contribution in [0.1, 0.15) is 19.4 Å². The van der Waals surface area contributed by atoms with Crippen molar-refractivity contribution >= 4 is 34.2 Å². The van der Waals surface area contributed by atoms with Crippen molar-refractivity contribution in [2.75, 3.05) is 16.8 Å². The van der Waals surface area contributed by atoms with E-state index in [0.29, 0.717) is 28.8 Å². The van der Waals surface area contributed by atoms with E-state index in [4.69, 9.17) is 0 Å². The molecule has 0 saturated heterocycles. The molecular weight excluding hydrogens is 440 g/mol. The number of hydrogen-bond acceptors (Lipinski definition) is 4. The van der Waals surface area contributed by atoms with Crippen molar-refractivity contribution in [1.29, 1.82) is 0 Å². The van der Waals surface area contributed by atoms with Gasteiger partial charge in [-0.25, -0.2) is 4.98 Å². The second kappa shape index (κ2) is 9.18. The van der Waals surface area contributed by atoms with E-state index in [0.717, 1.165) is 17.7 Å². The fourth-order valence-electron chi connectivity index (χ4n) is 4.42. The number of nitrogens with zero attached hydrogens (tertiary/aromatic N) is 3. The molecule has 1 aliphatic heterocycles. The molecule has 5 rings (SSSR count). The largest absolute Gasteiger partial charge is 0.325 e. The molecule has 7 nitrogen and oxygen atoms in total. The van der Waals surface area contributed by atoms with Crippen LogP contribution in [0.25, 0.3) is 22.3 Å². The number of hydrogen-bond donors (Lipinski definition) is 1. The van der Waals surface area contributed by atoms with E-state index in [1.807, 2.05) is 42.5 Å². The average Bonchev–Trinajstić information content (AvgIpc) is 3.30. The highest BCUT2D eigenvalue weighted by molar-refractivity contribution is 5.97. The number of aromatic nitrogens is 2. The molecule has 0 fully saturated rings. The first-order valence-corrected chi connectivity index (χ1v) is 11.7. The lowest BCUT2D eigenvalue weighted by atomic mass is 10.1. The second-order valence-electron chi connectivity index (χ2n) is 8.95. The van der Waals surface area contributed by atoms with Gasteiger partial charge < -0.3 is 10.2 Å². The first-order chi connectivity index (χ1) is 16.9. The molecule has 0 atom stereocenters. The third kappa shape index (κ3) is 4.21. The molecule has 7 heteroatoms. The molecule has 3 aromatic carbocycles. The van der Waals surface area contributed by atoms with Crippen LogP contribution in [0.3, 0.4) is 0 Å². The predicted molar refractivity (Wildman–Crippen MR) is 137 cm³/mol. The number of para-hydroxylation sites is 4. The molecule has 0 bridgehead atoms. The molecule has 0 aliphatic carbocycles. The van der Waals surface area contributed by atoms with Crippen molar-refractivity contribution in [3.05, 3.63) is 88.7 Å². The zero-order valence-corrected chi connectivity index (χ0v) is 19.7. The van der Waals surface area contributed by atoms with Crippen LogP contribution in [0.2, 0.25) is 0 Å². The lowest BCUT2D eigenvalue weighted by Gasteiger charge is -2.20. The number of benzene rings is 3. The Kier molecular flexibility index (Phi) is 5.91. The van der Waals surface area contributed by atoms with Crippen molar-refractivity contribution in [2.24, 2.45) is 5.92 Å². The maximum atomic E-state index is 13.8. The maximum absolute atomic E-state index is 13.8. The van der Waals surface area contributed by atoms with E-state index < -0.39 is 0 Å². The number of rotatable bonds is 5. The molecule has 0 radical (unpaired) electrons. The summed E-state index contributed by atoms with van der Waals surface area (Å²) in [6.07, 6.45) is 0.794. The van der Waals surface area contributed by atoms with Crippen LogP contribution in [0.4, 0.5) is 11.4 Å². The molecule has 35 heavy (non-hydrogen) atoms. The Labute approximate surface area is 203 Å². The Morgan fingerprint density at radius 2 is 1.69 bits per heavy atom. The van der Waals surface area contributed by atoms with Crippen molar-refractivity contribution in [1.82, 2.24) is 9.55 Å². The molecule has 1 aliphatic rings. The van der Waals surface area contributed by atoms with E-state index in [9.17, 15) is 14.4 Å². The van der Waals surface area contributed by atoms with Gasteiger partial charge >= 0.3 is 0 Å². The van der Waals surface area contributed by atoms with Gasteiger partial charge in [-0.15, -0.1) is 0 Å². The van der Waals surface area contributed by atoms with Gasteiger partial charge in [0.15, 0.2) is 0 Å². The van der Waals surface area contributed by atoms with E-state index in [1.54, 1.807) is 49.1 Å². The lowest BCUT2D eigenvalue weighted by molar-refractivity contribution is -0.119. The van der Waals surface area contributed by atoms with Gasteiger partial charge in [0, 0.05) is 23.7 Å². The number of amides is 2. The molecule has 0 spiro atoms. The van der Waals surface area contributed by atoms with Crippen LogP contribution in [-0.2, 0) is 22.6 Å². The number of anilines is 2. The van der Waals surface area contributed by atoms with E-state index >= 15 is 0 Å². The van der Waals surface area contributed by atoms with E-state index in [2.05, 4.69) is 10.3 Å². The Bertz CT molecular complexity index is 1510. The highest BCUT2D eigenvalue weighted by Gasteiger charge is 2.26. The monoisotopic (exact) mass is 466 g/mol. The summed E-state index contributed by atoms with van der Waals surface area (Å²) in [7, 11) is 0. The van der Waals surface area contributed by atoms with Gasteiger partial charge in [-0.2, -0.15) is 0 Å². The lowest BCUT2D eigenvalue weighted by Crippen LogP contribution is -2.36. The van der Waals surface area contributed by atoms with Crippen LogP contribution < -0.4 is 15.8 Å². The number of nitrogens with one attached hydrogen (secondary N) is 1. The van der Waals surface area contributed by atoms with Crippen molar-refractivity contribution in [2.45, 2.75) is 26.8 Å². The van der Waals surface area contributed by atoms with Gasteiger partial charge in [0.25, 0.3) is 5.56 Å². The standard InChI is InChI=1S/C28H26N4O3/c1-18(2)27(34)30-21-11-5-4-10-20(21)26-28(35)32(24-14-8-6-12-22(24)29-26)17-25(33)31-16-15-19-9-3-7-13-23(19)31/h3-14,18H,15-17H2,1-2H3,(H,30,34). The van der Waals surface area contributed by atoms with E-state index in [-0.39, 0.29) is 35.5 Å². The molecule has 0 saturated carbocycles. The Morgan fingerprint density at radius 1 is 0.971 bits per heavy atom. The number of carbonyl (C=O) groups excluding carboxylic acids is 2. The van der Waals surface area contributed by atoms with Crippen LogP contribution >= 0.6 is 0 Å². The minimum Gasteiger partial charge on any atom is -0.325 e. The third-order valence-corrected chi connectivity index (χ3v) is 6.30. The summed E-state index contributed by atoms with van der Waals surface area (Å²) in [4.78, 5) is 45.9. The van der Waals surface area contributed by atoms with Gasteiger partial charge in [-0.3, -0.25) is 19.0 Å². The highest BCUT2D eigenvalue weighted by atomic mass is 16.2. The predicted octanol–water partition coefficient (Wildman–Crippen LogP) is 4.25. The first kappa shape index (κ1) is 22.5. The van der Waals surface area contributed by atoms with Gasteiger partial charge in [-0.1, -0.05) is 62.4 Å². The summed E-state index contributed by atoms with van der Waals surface area (Å²) >= 11 is 0. The summed E-state index contributed by atoms with van der Waals surface area (Å²) in [5.74, 6) is -0.521. The van der Waals surface area contributed by atoms with Crippen LogP contribution in [-0.4, -0.2) is 27.9 Å². The summed E-state index contributed by atoms with van der Waals surface area (Å²) in [5, 5.41) is 2.90. The molecule has 176 valence electrons. The topological polar surface area (TPSA) is 84.3 Å². The van der Waals surface area contributed by atoms with Crippen molar-refractivity contribution in [3.8, 4) is 11.3 Å². The van der Waals surface area contributed by atoms with Crippen LogP contribution in [0.15, 0.2) is 77.6 Å². The molecule has 4 aromatic rings. The molecule has 2 amide bonds. The van der Waals surface area contributed by atoms with Crippen LogP contribution in [0.5, 0.6) is 0 Å². The normalized spacial score (nSPS) is 12.7. The van der Waals surface area contributed by atoms with Gasteiger partial charge in [-0.05, 0) is 36.2 Å². The van der Waals surface area contributed by atoms with E-state index in [1.165, 1.54) is 4.57 Å². The maximum Gasteiger partial charge on any atom is 0.278 e. The number of carbonyl (C=O) groups is 2. The first-order valence-electron chi connectivity index (χ1n) is 11.7. The second-order valence-corrected chi connectivity index (χ2v) is 8.95. The van der Waals surface area contributed by atoms with Gasteiger partial charge in [0.2, 0.25) is 11.8 Å². The quantitative estimate of drug-likeness (QED) is 0.477. The minimum absolute atomic E-state index is 0.107. The molecule has 2 heterocycles. The summed E-state index contributed by atoms with van der Waals surface area (Å²) in [6.45, 7) is 4.10. The van der Waals surface area contributed by atoms with Gasteiger partial charge in [0.05, 0.1) is 16.7 Å². The van der Waals surface area contributed by atoms with Crippen molar-refractivity contribution < 1.29 is 9.59 Å². The number of fused-ring (bicyclic) bond motifs is 2.